The number of carbonyl (C=O) groups excluding carboxylic acids is 2. The minimum Gasteiger partial charge on any atom is -0.458 e. The Labute approximate surface area is 104 Å². The number of hydrogen-bond acceptors (Lipinski definition) is 3. The van der Waals surface area contributed by atoms with Gasteiger partial charge >= 0.3 is 5.97 Å². The van der Waals surface area contributed by atoms with Crippen LogP contribution in [0.15, 0.2) is 0 Å². The second-order valence-corrected chi connectivity index (χ2v) is 6.83. The van der Waals surface area contributed by atoms with Gasteiger partial charge in [-0.05, 0) is 34.6 Å². The van der Waals surface area contributed by atoms with Crippen LogP contribution in [0.1, 0.15) is 55.4 Å². The van der Waals surface area contributed by atoms with E-state index in [0.29, 0.717) is 0 Å². The van der Waals surface area contributed by atoms with Crippen LogP contribution in [0.5, 0.6) is 0 Å². The Kier molecular flexibility index (Phi) is 4.38. The molecule has 100 valence electrons. The first-order valence-corrected chi connectivity index (χ1v) is 5.82. The number of rotatable bonds is 2. The van der Waals surface area contributed by atoms with Gasteiger partial charge in [-0.2, -0.15) is 0 Å². The third kappa shape index (κ3) is 5.71. The molecule has 0 atom stereocenters. The van der Waals surface area contributed by atoms with Crippen LogP contribution in [0.3, 0.4) is 0 Å². The van der Waals surface area contributed by atoms with Gasteiger partial charge in [-0.3, -0.25) is 4.79 Å². The number of carbonyl (C=O) groups is 2. The van der Waals surface area contributed by atoms with E-state index in [-0.39, 0.29) is 5.91 Å². The second kappa shape index (κ2) is 4.67. The van der Waals surface area contributed by atoms with Crippen LogP contribution in [-0.2, 0) is 14.3 Å². The lowest BCUT2D eigenvalue weighted by atomic mass is 9.93. The minimum absolute atomic E-state index is 0.173. The lowest BCUT2D eigenvalue weighted by Gasteiger charge is -2.31. The summed E-state index contributed by atoms with van der Waals surface area (Å²) in [5.41, 5.74) is -2.10. The second-order valence-electron chi connectivity index (χ2n) is 6.83. The zero-order valence-electron chi connectivity index (χ0n) is 12.2. The molecule has 0 fully saturated rings. The Balaban J connectivity index is 4.70. The van der Waals surface area contributed by atoms with Gasteiger partial charge in [0.25, 0.3) is 0 Å². The molecular formula is C13H25NO3. The number of amides is 1. The van der Waals surface area contributed by atoms with Gasteiger partial charge in [0.2, 0.25) is 5.91 Å². The monoisotopic (exact) mass is 243 g/mol. The smallest absolute Gasteiger partial charge is 0.331 e. The predicted octanol–water partition coefficient (Wildman–Crippen LogP) is 2.27. The van der Waals surface area contributed by atoms with E-state index in [1.807, 2.05) is 0 Å². The van der Waals surface area contributed by atoms with Crippen LogP contribution in [0, 0.1) is 5.41 Å². The Hall–Kier alpha value is -1.06. The molecule has 0 saturated heterocycles. The van der Waals surface area contributed by atoms with Crippen LogP contribution < -0.4 is 5.32 Å². The number of esters is 1. The van der Waals surface area contributed by atoms with Crippen molar-refractivity contribution in [1.82, 2.24) is 5.32 Å². The maximum Gasteiger partial charge on any atom is 0.331 e. The number of nitrogens with one attached hydrogen (secondary N) is 1. The SMILES string of the molecule is CC(C)(C)OC(=O)C(C)(C)NC(=O)C(C)(C)C. The molecule has 17 heavy (non-hydrogen) atoms. The zero-order valence-corrected chi connectivity index (χ0v) is 12.2. The first-order chi connectivity index (χ1) is 7.26. The van der Waals surface area contributed by atoms with Crippen molar-refractivity contribution in [3.05, 3.63) is 0 Å². The van der Waals surface area contributed by atoms with E-state index in [9.17, 15) is 9.59 Å². The minimum atomic E-state index is -1.02. The lowest BCUT2D eigenvalue weighted by molar-refractivity contribution is -0.163. The van der Waals surface area contributed by atoms with E-state index in [4.69, 9.17) is 4.74 Å². The molecule has 0 spiro atoms. The van der Waals surface area contributed by atoms with E-state index in [0.717, 1.165) is 0 Å². The van der Waals surface area contributed by atoms with Crippen molar-refractivity contribution in [3.8, 4) is 0 Å². The fraction of sp³-hybridized carbons (Fsp3) is 0.846. The summed E-state index contributed by atoms with van der Waals surface area (Å²) in [6.07, 6.45) is 0. The van der Waals surface area contributed by atoms with Crippen molar-refractivity contribution in [2.75, 3.05) is 0 Å². The number of hydrogen-bond donors (Lipinski definition) is 1. The molecule has 4 nitrogen and oxygen atoms in total. The average Bonchev–Trinajstić information content (AvgIpc) is 1.97. The molecule has 0 aliphatic carbocycles. The third-order valence-corrected chi connectivity index (χ3v) is 2.02. The van der Waals surface area contributed by atoms with Gasteiger partial charge < -0.3 is 10.1 Å². The molecule has 0 aliphatic rings. The van der Waals surface area contributed by atoms with Crippen LogP contribution >= 0.6 is 0 Å². The molecule has 0 saturated carbocycles. The van der Waals surface area contributed by atoms with E-state index >= 15 is 0 Å². The Bertz CT molecular complexity index is 306. The third-order valence-electron chi connectivity index (χ3n) is 2.02. The first-order valence-electron chi connectivity index (χ1n) is 5.82. The first kappa shape index (κ1) is 15.9. The summed E-state index contributed by atoms with van der Waals surface area (Å²) in [6.45, 7) is 14.1. The summed E-state index contributed by atoms with van der Waals surface area (Å²) in [4.78, 5) is 23.7. The highest BCUT2D eigenvalue weighted by Gasteiger charge is 2.36. The molecule has 0 unspecified atom stereocenters. The topological polar surface area (TPSA) is 55.4 Å². The molecule has 0 rings (SSSR count). The van der Waals surface area contributed by atoms with Crippen molar-refractivity contribution in [3.63, 3.8) is 0 Å². The molecular weight excluding hydrogens is 218 g/mol. The summed E-state index contributed by atoms with van der Waals surface area (Å²) in [6, 6.07) is 0. The molecule has 0 aromatic carbocycles. The molecule has 0 radical (unpaired) electrons. The van der Waals surface area contributed by atoms with E-state index < -0.39 is 22.5 Å². The quantitative estimate of drug-likeness (QED) is 0.757. The normalized spacial score (nSPS) is 13.2. The van der Waals surface area contributed by atoms with Gasteiger partial charge in [0.15, 0.2) is 0 Å². The molecule has 0 heterocycles. The molecule has 4 heteroatoms. The summed E-state index contributed by atoms with van der Waals surface area (Å²) in [7, 11) is 0. The fourth-order valence-electron chi connectivity index (χ4n) is 0.928. The van der Waals surface area contributed by atoms with E-state index in [1.54, 1.807) is 55.4 Å². The maximum atomic E-state index is 11.9. The van der Waals surface area contributed by atoms with Gasteiger partial charge in [-0.15, -0.1) is 0 Å². The van der Waals surface area contributed by atoms with Crippen LogP contribution in [-0.4, -0.2) is 23.0 Å². The summed E-state index contributed by atoms with van der Waals surface area (Å²) < 4.78 is 5.26. The summed E-state index contributed by atoms with van der Waals surface area (Å²) in [5, 5.41) is 2.71. The average molecular weight is 243 g/mol. The van der Waals surface area contributed by atoms with Crippen molar-refractivity contribution < 1.29 is 14.3 Å². The highest BCUT2D eigenvalue weighted by Crippen LogP contribution is 2.18. The summed E-state index contributed by atoms with van der Waals surface area (Å²) in [5.74, 6) is -0.601. The molecule has 0 bridgehead atoms. The van der Waals surface area contributed by atoms with Gasteiger partial charge in [0.05, 0.1) is 0 Å². The largest absolute Gasteiger partial charge is 0.458 e. The van der Waals surface area contributed by atoms with Crippen molar-refractivity contribution in [2.24, 2.45) is 5.41 Å². The molecule has 1 amide bonds. The predicted molar refractivity (Wildman–Crippen MR) is 67.5 cm³/mol. The van der Waals surface area contributed by atoms with Crippen LogP contribution in [0.4, 0.5) is 0 Å². The Morgan fingerprint density at radius 2 is 1.29 bits per heavy atom. The van der Waals surface area contributed by atoms with Crippen molar-refractivity contribution in [2.45, 2.75) is 66.5 Å². The van der Waals surface area contributed by atoms with Crippen LogP contribution in [0.2, 0.25) is 0 Å². The van der Waals surface area contributed by atoms with Gasteiger partial charge in [-0.25, -0.2) is 4.79 Å². The van der Waals surface area contributed by atoms with Gasteiger partial charge in [-0.1, -0.05) is 20.8 Å². The van der Waals surface area contributed by atoms with E-state index in [1.165, 1.54) is 0 Å². The Morgan fingerprint density at radius 3 is 1.59 bits per heavy atom. The van der Waals surface area contributed by atoms with Crippen molar-refractivity contribution in [1.29, 1.82) is 0 Å². The highest BCUT2D eigenvalue weighted by molar-refractivity contribution is 5.89. The molecule has 1 N–H and O–H groups in total. The molecule has 0 aromatic heterocycles. The maximum absolute atomic E-state index is 11.9. The Morgan fingerprint density at radius 1 is 0.882 bits per heavy atom. The molecule has 0 aromatic rings. The van der Waals surface area contributed by atoms with E-state index in [2.05, 4.69) is 5.32 Å². The summed E-state index contributed by atoms with van der Waals surface area (Å²) >= 11 is 0. The zero-order chi connectivity index (χ0) is 14.1. The molecule has 0 aliphatic heterocycles. The van der Waals surface area contributed by atoms with Gasteiger partial charge in [0.1, 0.15) is 11.1 Å². The van der Waals surface area contributed by atoms with Gasteiger partial charge in [0, 0.05) is 5.41 Å². The highest BCUT2D eigenvalue weighted by atomic mass is 16.6. The fourth-order valence-corrected chi connectivity index (χ4v) is 0.928. The lowest BCUT2D eigenvalue weighted by Crippen LogP contribution is -2.54. The van der Waals surface area contributed by atoms with Crippen molar-refractivity contribution >= 4 is 11.9 Å². The number of ether oxygens (including phenoxy) is 1. The standard InChI is InChI=1S/C13H25NO3/c1-11(2,3)9(15)14-13(7,8)10(16)17-12(4,5)6/h1-8H3,(H,14,15). The van der Waals surface area contributed by atoms with Crippen LogP contribution in [0.25, 0.3) is 0 Å².